The Labute approximate surface area is 169 Å². The van der Waals surface area contributed by atoms with Gasteiger partial charge in [0, 0.05) is 13.0 Å². The molecule has 0 radical (unpaired) electrons. The molecule has 0 aromatic rings. The summed E-state index contributed by atoms with van der Waals surface area (Å²) in [6.45, 7) is 5.06. The maximum atomic E-state index is 13.0. The number of rotatable bonds is 10. The van der Waals surface area contributed by atoms with Crippen LogP contribution in [0, 0.1) is 5.92 Å². The van der Waals surface area contributed by atoms with Crippen LogP contribution in [-0.2, 0) is 24.0 Å². The fourth-order valence-electron chi connectivity index (χ4n) is 3.11. The highest BCUT2D eigenvalue weighted by atomic mass is 16.4. The highest BCUT2D eigenvalue weighted by molar-refractivity contribution is 5.94. The van der Waals surface area contributed by atoms with Crippen molar-refractivity contribution in [3.63, 3.8) is 0 Å². The number of nitrogens with one attached hydrogen (secondary N) is 2. The zero-order chi connectivity index (χ0) is 22.3. The Morgan fingerprint density at radius 1 is 1.14 bits per heavy atom. The van der Waals surface area contributed by atoms with Gasteiger partial charge in [0.25, 0.3) is 0 Å². The molecule has 4 amide bonds. The molecule has 0 bridgehead atoms. The van der Waals surface area contributed by atoms with E-state index in [-0.39, 0.29) is 25.3 Å². The Bertz CT molecular complexity index is 651. The lowest BCUT2D eigenvalue weighted by Crippen LogP contribution is -2.57. The quantitative estimate of drug-likeness (QED) is 0.282. The van der Waals surface area contributed by atoms with Crippen LogP contribution >= 0.6 is 0 Å². The number of carboxylic acids is 1. The zero-order valence-corrected chi connectivity index (χ0v) is 17.0. The largest absolute Gasteiger partial charge is 0.480 e. The van der Waals surface area contributed by atoms with Crippen molar-refractivity contribution in [3.8, 4) is 0 Å². The summed E-state index contributed by atoms with van der Waals surface area (Å²) in [4.78, 5) is 61.4. The van der Waals surface area contributed by atoms with E-state index in [4.69, 9.17) is 11.5 Å². The van der Waals surface area contributed by atoms with Crippen LogP contribution in [0.4, 0.5) is 0 Å². The van der Waals surface area contributed by atoms with Crippen molar-refractivity contribution >= 4 is 29.6 Å². The van der Waals surface area contributed by atoms with E-state index in [2.05, 4.69) is 10.6 Å². The summed E-state index contributed by atoms with van der Waals surface area (Å²) in [7, 11) is 0. The van der Waals surface area contributed by atoms with Crippen LogP contribution in [0.1, 0.15) is 46.5 Å². The van der Waals surface area contributed by atoms with E-state index in [9.17, 15) is 29.1 Å². The van der Waals surface area contributed by atoms with E-state index < -0.39 is 53.8 Å². The van der Waals surface area contributed by atoms with Gasteiger partial charge in [-0.25, -0.2) is 4.79 Å². The van der Waals surface area contributed by atoms with Gasteiger partial charge in [-0.05, 0) is 32.1 Å². The molecule has 7 N–H and O–H groups in total. The predicted molar refractivity (Wildman–Crippen MR) is 103 cm³/mol. The van der Waals surface area contributed by atoms with Crippen LogP contribution in [0.15, 0.2) is 0 Å². The first kappa shape index (κ1) is 24.3. The first-order valence-electron chi connectivity index (χ1n) is 9.63. The van der Waals surface area contributed by atoms with Crippen LogP contribution in [0.3, 0.4) is 0 Å². The average Bonchev–Trinajstić information content (AvgIpc) is 3.11. The number of primary amides is 1. The van der Waals surface area contributed by atoms with Crippen molar-refractivity contribution in [2.45, 2.75) is 70.6 Å². The molecular formula is C18H31N5O6. The smallest absolute Gasteiger partial charge is 0.326 e. The number of carboxylic acid groups (broad SMARTS) is 1. The van der Waals surface area contributed by atoms with Gasteiger partial charge >= 0.3 is 5.97 Å². The number of aliphatic carboxylic acids is 1. The zero-order valence-electron chi connectivity index (χ0n) is 17.0. The van der Waals surface area contributed by atoms with E-state index in [1.54, 1.807) is 13.8 Å². The number of amides is 4. The van der Waals surface area contributed by atoms with Gasteiger partial charge < -0.3 is 32.1 Å². The molecule has 29 heavy (non-hydrogen) atoms. The number of carbonyl (C=O) groups excluding carboxylic acids is 4. The van der Waals surface area contributed by atoms with E-state index in [1.165, 1.54) is 11.8 Å². The predicted octanol–water partition coefficient (Wildman–Crippen LogP) is -1.70. The molecule has 4 atom stereocenters. The molecule has 1 aliphatic rings. The molecule has 1 fully saturated rings. The minimum absolute atomic E-state index is 0.0266. The van der Waals surface area contributed by atoms with Gasteiger partial charge in [0.05, 0.1) is 6.04 Å². The second-order valence-corrected chi connectivity index (χ2v) is 7.61. The van der Waals surface area contributed by atoms with Gasteiger partial charge in [-0.3, -0.25) is 19.2 Å². The van der Waals surface area contributed by atoms with Crippen molar-refractivity contribution in [3.05, 3.63) is 0 Å². The fraction of sp³-hybridized carbons (Fsp3) is 0.722. The summed E-state index contributed by atoms with van der Waals surface area (Å²) in [6.07, 6.45) is 0.759. The SMILES string of the molecule is CC(N)C(=O)NC(CCC(N)=O)C(=O)N1CCCC1C(=O)NC(C(=O)O)C(C)C. The summed E-state index contributed by atoms with van der Waals surface area (Å²) < 4.78 is 0. The third-order valence-corrected chi connectivity index (χ3v) is 4.78. The first-order valence-corrected chi connectivity index (χ1v) is 9.63. The lowest BCUT2D eigenvalue weighted by molar-refractivity contribution is -0.145. The summed E-state index contributed by atoms with van der Waals surface area (Å²) >= 11 is 0. The molecule has 1 rings (SSSR count). The molecule has 0 saturated carbocycles. The van der Waals surface area contributed by atoms with Crippen LogP contribution < -0.4 is 22.1 Å². The third-order valence-electron chi connectivity index (χ3n) is 4.78. The highest BCUT2D eigenvalue weighted by Gasteiger charge is 2.39. The maximum absolute atomic E-state index is 13.0. The van der Waals surface area contributed by atoms with Crippen LogP contribution in [0.5, 0.6) is 0 Å². The molecule has 11 heteroatoms. The second-order valence-electron chi connectivity index (χ2n) is 7.61. The number of carbonyl (C=O) groups is 5. The molecule has 0 spiro atoms. The Morgan fingerprint density at radius 3 is 2.24 bits per heavy atom. The molecule has 11 nitrogen and oxygen atoms in total. The number of nitrogens with zero attached hydrogens (tertiary/aromatic N) is 1. The minimum atomic E-state index is -1.16. The summed E-state index contributed by atoms with van der Waals surface area (Å²) in [5, 5.41) is 14.2. The van der Waals surface area contributed by atoms with Crippen LogP contribution in [0.25, 0.3) is 0 Å². The van der Waals surface area contributed by atoms with E-state index in [0.717, 1.165) is 0 Å². The van der Waals surface area contributed by atoms with Crippen molar-refractivity contribution in [2.24, 2.45) is 17.4 Å². The topological polar surface area (TPSA) is 185 Å². The van der Waals surface area contributed by atoms with Crippen LogP contribution in [-0.4, -0.2) is 70.3 Å². The minimum Gasteiger partial charge on any atom is -0.480 e. The number of likely N-dealkylation sites (tertiary alicyclic amines) is 1. The summed E-state index contributed by atoms with van der Waals surface area (Å²) in [5.41, 5.74) is 10.7. The van der Waals surface area contributed by atoms with Crippen LogP contribution in [0.2, 0.25) is 0 Å². The van der Waals surface area contributed by atoms with E-state index in [0.29, 0.717) is 12.8 Å². The van der Waals surface area contributed by atoms with Crippen molar-refractivity contribution < 1.29 is 29.1 Å². The normalized spacial score (nSPS) is 19.3. The molecule has 0 aromatic heterocycles. The van der Waals surface area contributed by atoms with E-state index in [1.807, 2.05) is 0 Å². The molecule has 1 saturated heterocycles. The monoisotopic (exact) mass is 413 g/mol. The Kier molecular flexibility index (Phi) is 9.02. The maximum Gasteiger partial charge on any atom is 0.326 e. The first-order chi connectivity index (χ1) is 13.5. The summed E-state index contributed by atoms with van der Waals surface area (Å²) in [6, 6.07) is -3.86. The third kappa shape index (κ3) is 7.00. The Balaban J connectivity index is 2.95. The van der Waals surface area contributed by atoms with Crippen molar-refractivity contribution in [2.75, 3.05) is 6.54 Å². The number of nitrogens with two attached hydrogens (primary N) is 2. The molecule has 0 aromatic carbocycles. The van der Waals surface area contributed by atoms with Crippen molar-refractivity contribution in [1.82, 2.24) is 15.5 Å². The number of hydrogen-bond donors (Lipinski definition) is 5. The Hall–Kier alpha value is -2.69. The molecule has 0 aliphatic carbocycles. The van der Waals surface area contributed by atoms with Crippen molar-refractivity contribution in [1.29, 1.82) is 0 Å². The van der Waals surface area contributed by atoms with Gasteiger partial charge in [0.1, 0.15) is 18.1 Å². The number of hydrogen-bond acceptors (Lipinski definition) is 6. The Morgan fingerprint density at radius 2 is 1.76 bits per heavy atom. The lowest BCUT2D eigenvalue weighted by atomic mass is 10.0. The molecule has 1 aliphatic heterocycles. The molecular weight excluding hydrogens is 382 g/mol. The van der Waals surface area contributed by atoms with Gasteiger partial charge in [-0.1, -0.05) is 13.8 Å². The molecule has 4 unspecified atom stereocenters. The standard InChI is InChI=1S/C18H31N5O6/c1-9(2)14(18(28)29)22-16(26)12-5-4-8-23(12)17(27)11(6-7-13(20)24)21-15(25)10(3)19/h9-12,14H,4-8,19H2,1-3H3,(H2,20,24)(H,21,25)(H,22,26)(H,28,29). The van der Waals surface area contributed by atoms with Gasteiger partial charge in [0.15, 0.2) is 0 Å². The summed E-state index contributed by atoms with van der Waals surface area (Å²) in [5.74, 6) is -3.80. The van der Waals surface area contributed by atoms with Gasteiger partial charge in [-0.15, -0.1) is 0 Å². The van der Waals surface area contributed by atoms with E-state index >= 15 is 0 Å². The molecule has 164 valence electrons. The second kappa shape index (κ2) is 10.7. The molecule has 1 heterocycles. The van der Waals surface area contributed by atoms with Gasteiger partial charge in [0.2, 0.25) is 23.6 Å². The lowest BCUT2D eigenvalue weighted by Gasteiger charge is -2.30. The average molecular weight is 413 g/mol. The fourth-order valence-corrected chi connectivity index (χ4v) is 3.11. The highest BCUT2D eigenvalue weighted by Crippen LogP contribution is 2.20. The van der Waals surface area contributed by atoms with Gasteiger partial charge in [-0.2, -0.15) is 0 Å².